The normalized spacial score (nSPS) is 17.2. The van der Waals surface area contributed by atoms with Gasteiger partial charge in [-0.3, -0.25) is 4.90 Å². The van der Waals surface area contributed by atoms with Gasteiger partial charge in [-0.2, -0.15) is 4.98 Å². The molecule has 134 valence electrons. The van der Waals surface area contributed by atoms with Crippen LogP contribution in [0.5, 0.6) is 0 Å². The molecule has 1 atom stereocenters. The highest BCUT2D eigenvalue weighted by Crippen LogP contribution is 2.18. The molecule has 1 unspecified atom stereocenters. The fourth-order valence-corrected chi connectivity index (χ4v) is 2.75. The highest BCUT2D eigenvalue weighted by molar-refractivity contribution is 5.85. The molecule has 0 spiro atoms. The molecule has 0 aromatic carbocycles. The number of likely N-dealkylation sites (tertiary alicyclic amines) is 1. The summed E-state index contributed by atoms with van der Waals surface area (Å²) in [7, 11) is 0. The Hall–Kier alpha value is -1.41. The largest absolute Gasteiger partial charge is 0.370 e. The number of anilines is 1. The fraction of sp³-hybridized carbons (Fsp3) is 0.533. The number of halogens is 2. The third kappa shape index (κ3) is 5.59. The van der Waals surface area contributed by atoms with Crippen molar-refractivity contribution in [3.63, 3.8) is 0 Å². The maximum absolute atomic E-state index is 5.47. The van der Waals surface area contributed by atoms with Gasteiger partial charge in [0.1, 0.15) is 5.82 Å². The second kappa shape index (κ2) is 9.78. The molecule has 1 aliphatic rings. The van der Waals surface area contributed by atoms with Gasteiger partial charge in [0.2, 0.25) is 5.89 Å². The number of aromatic nitrogens is 3. The van der Waals surface area contributed by atoms with E-state index in [9.17, 15) is 0 Å². The zero-order valence-corrected chi connectivity index (χ0v) is 15.3. The van der Waals surface area contributed by atoms with Gasteiger partial charge < -0.3 is 15.6 Å². The summed E-state index contributed by atoms with van der Waals surface area (Å²) in [6, 6.07) is 6.03. The van der Waals surface area contributed by atoms with Crippen molar-refractivity contribution in [1.82, 2.24) is 20.0 Å². The summed E-state index contributed by atoms with van der Waals surface area (Å²) in [5.74, 6) is 2.78. The monoisotopic (exact) mass is 374 g/mol. The Morgan fingerprint density at radius 1 is 1.33 bits per heavy atom. The van der Waals surface area contributed by atoms with Crippen LogP contribution in [0.15, 0.2) is 22.7 Å². The molecule has 0 radical (unpaired) electrons. The number of hydrogen-bond acceptors (Lipinski definition) is 7. The van der Waals surface area contributed by atoms with E-state index in [1.807, 2.05) is 25.1 Å². The zero-order chi connectivity index (χ0) is 15.4. The molecule has 1 aliphatic heterocycles. The Morgan fingerprint density at radius 2 is 2.17 bits per heavy atom. The smallest absolute Gasteiger partial charge is 0.240 e. The van der Waals surface area contributed by atoms with Crippen LogP contribution in [0.2, 0.25) is 0 Å². The third-order valence-electron chi connectivity index (χ3n) is 3.88. The maximum Gasteiger partial charge on any atom is 0.240 e. The van der Waals surface area contributed by atoms with Gasteiger partial charge in [0, 0.05) is 18.8 Å². The predicted molar refractivity (Wildman–Crippen MR) is 97.5 cm³/mol. The van der Waals surface area contributed by atoms with Gasteiger partial charge in [-0.25, -0.2) is 4.98 Å². The van der Waals surface area contributed by atoms with Gasteiger partial charge in [0.15, 0.2) is 5.82 Å². The first kappa shape index (κ1) is 20.6. The highest BCUT2D eigenvalue weighted by atomic mass is 35.5. The first-order valence-corrected chi connectivity index (χ1v) is 7.64. The number of nitrogens with two attached hydrogens (primary N) is 1. The van der Waals surface area contributed by atoms with Gasteiger partial charge in [-0.1, -0.05) is 11.2 Å². The van der Waals surface area contributed by atoms with Crippen LogP contribution in [-0.2, 0) is 13.1 Å². The van der Waals surface area contributed by atoms with Crippen molar-refractivity contribution in [2.45, 2.75) is 26.4 Å². The summed E-state index contributed by atoms with van der Waals surface area (Å²) in [6.45, 7) is 6.05. The van der Waals surface area contributed by atoms with E-state index in [0.717, 1.165) is 43.5 Å². The molecule has 3 N–H and O–H groups in total. The summed E-state index contributed by atoms with van der Waals surface area (Å²) in [4.78, 5) is 11.1. The van der Waals surface area contributed by atoms with Crippen LogP contribution in [0.25, 0.3) is 0 Å². The molecular formula is C15H24Cl2N6O. The Morgan fingerprint density at radius 3 is 2.88 bits per heavy atom. The molecular weight excluding hydrogens is 351 g/mol. The van der Waals surface area contributed by atoms with E-state index in [0.29, 0.717) is 18.4 Å². The standard InChI is InChI=1S/C15H22N6O.2ClH/c1-11-3-2-4-13(18-11)17-8-12-5-6-21(9-12)10-14-19-15(7-16)22-20-14;;/h2-4,12H,5-10,16H2,1H3,(H,17,18);2*1H. The third-order valence-corrected chi connectivity index (χ3v) is 3.88. The van der Waals surface area contributed by atoms with Crippen LogP contribution in [0.4, 0.5) is 5.82 Å². The van der Waals surface area contributed by atoms with Crippen molar-refractivity contribution in [2.24, 2.45) is 11.7 Å². The van der Waals surface area contributed by atoms with Gasteiger partial charge in [-0.05, 0) is 37.9 Å². The lowest BCUT2D eigenvalue weighted by atomic mass is 10.1. The van der Waals surface area contributed by atoms with E-state index in [4.69, 9.17) is 10.3 Å². The van der Waals surface area contributed by atoms with Crippen LogP contribution in [0, 0.1) is 12.8 Å². The molecule has 7 nitrogen and oxygen atoms in total. The summed E-state index contributed by atoms with van der Waals surface area (Å²) in [5, 5.41) is 7.37. The van der Waals surface area contributed by atoms with Crippen LogP contribution < -0.4 is 11.1 Å². The minimum absolute atomic E-state index is 0. The van der Waals surface area contributed by atoms with Crippen molar-refractivity contribution in [3.05, 3.63) is 35.6 Å². The van der Waals surface area contributed by atoms with Gasteiger partial charge in [0.25, 0.3) is 0 Å². The molecule has 1 saturated heterocycles. The molecule has 2 aromatic rings. The lowest BCUT2D eigenvalue weighted by Gasteiger charge is -2.14. The van der Waals surface area contributed by atoms with Gasteiger partial charge in [-0.15, -0.1) is 24.8 Å². The molecule has 3 rings (SSSR count). The van der Waals surface area contributed by atoms with Crippen LogP contribution in [0.1, 0.15) is 23.8 Å². The van der Waals surface area contributed by atoms with Crippen molar-refractivity contribution in [1.29, 1.82) is 0 Å². The Labute approximate surface area is 154 Å². The minimum Gasteiger partial charge on any atom is -0.370 e. The van der Waals surface area contributed by atoms with Crippen molar-refractivity contribution in [2.75, 3.05) is 25.0 Å². The molecule has 3 heterocycles. The van der Waals surface area contributed by atoms with Gasteiger partial charge in [0.05, 0.1) is 13.1 Å². The second-order valence-corrected chi connectivity index (χ2v) is 5.74. The number of hydrogen-bond donors (Lipinski definition) is 2. The topological polar surface area (TPSA) is 93.1 Å². The maximum atomic E-state index is 5.47. The molecule has 0 saturated carbocycles. The Balaban J connectivity index is 0.00000144. The predicted octanol–water partition coefficient (Wildman–Crippen LogP) is 2.01. The number of aryl methyl sites for hydroxylation is 1. The van der Waals surface area contributed by atoms with E-state index < -0.39 is 0 Å². The lowest BCUT2D eigenvalue weighted by molar-refractivity contribution is 0.300. The highest BCUT2D eigenvalue weighted by Gasteiger charge is 2.23. The SMILES string of the molecule is Cc1cccc(NCC2CCN(Cc3noc(CN)n3)C2)n1.Cl.Cl. The van der Waals surface area contributed by atoms with Crippen molar-refractivity contribution < 1.29 is 4.52 Å². The molecule has 1 fully saturated rings. The fourth-order valence-electron chi connectivity index (χ4n) is 2.75. The van der Waals surface area contributed by atoms with Gasteiger partial charge >= 0.3 is 0 Å². The van der Waals surface area contributed by atoms with Crippen molar-refractivity contribution >= 4 is 30.6 Å². The van der Waals surface area contributed by atoms with E-state index in [1.54, 1.807) is 0 Å². The number of pyridine rings is 1. The number of nitrogens with one attached hydrogen (secondary N) is 1. The number of nitrogens with zero attached hydrogens (tertiary/aromatic N) is 4. The average Bonchev–Trinajstić information content (AvgIpc) is 3.15. The van der Waals surface area contributed by atoms with Crippen LogP contribution >= 0.6 is 24.8 Å². The van der Waals surface area contributed by atoms with E-state index >= 15 is 0 Å². The van der Waals surface area contributed by atoms with E-state index in [1.165, 1.54) is 6.42 Å². The molecule has 0 amide bonds. The lowest BCUT2D eigenvalue weighted by Crippen LogP contribution is -2.23. The average molecular weight is 375 g/mol. The quantitative estimate of drug-likeness (QED) is 0.798. The number of rotatable bonds is 6. The summed E-state index contributed by atoms with van der Waals surface area (Å²) in [5.41, 5.74) is 6.51. The molecule has 9 heteroatoms. The van der Waals surface area contributed by atoms with E-state index in [-0.39, 0.29) is 24.8 Å². The first-order valence-electron chi connectivity index (χ1n) is 7.64. The van der Waals surface area contributed by atoms with Crippen LogP contribution in [0.3, 0.4) is 0 Å². The van der Waals surface area contributed by atoms with Crippen molar-refractivity contribution in [3.8, 4) is 0 Å². The first-order chi connectivity index (χ1) is 10.7. The van der Waals surface area contributed by atoms with E-state index in [2.05, 4.69) is 25.3 Å². The summed E-state index contributed by atoms with van der Waals surface area (Å²) in [6.07, 6.45) is 1.17. The minimum atomic E-state index is 0. The van der Waals surface area contributed by atoms with Crippen LogP contribution in [-0.4, -0.2) is 39.7 Å². The summed E-state index contributed by atoms with van der Waals surface area (Å²) >= 11 is 0. The Kier molecular flexibility index (Phi) is 8.41. The Bertz CT molecular complexity index is 624. The molecule has 2 aromatic heterocycles. The molecule has 24 heavy (non-hydrogen) atoms. The zero-order valence-electron chi connectivity index (χ0n) is 13.6. The second-order valence-electron chi connectivity index (χ2n) is 5.74. The molecule has 0 bridgehead atoms. The summed E-state index contributed by atoms with van der Waals surface area (Å²) < 4.78 is 5.03. The molecule has 0 aliphatic carbocycles.